The van der Waals surface area contributed by atoms with E-state index in [1.807, 2.05) is 7.05 Å². The standard InChI is InChI=1S/C17H26N4S2.HI/c1-12(2)16-21-15(11-23-16)5-7-19-17(18-4)20-9-13(3)14-6-8-22-10-14;/h6,8,10-13H,5,7,9H2,1-4H3,(H2,18,19,20);1H. The van der Waals surface area contributed by atoms with Crippen molar-refractivity contribution >= 4 is 52.6 Å². The van der Waals surface area contributed by atoms with Gasteiger partial charge in [-0.2, -0.15) is 11.3 Å². The van der Waals surface area contributed by atoms with Gasteiger partial charge in [0.25, 0.3) is 0 Å². The van der Waals surface area contributed by atoms with Crippen LogP contribution in [0.5, 0.6) is 0 Å². The molecule has 0 aliphatic carbocycles. The summed E-state index contributed by atoms with van der Waals surface area (Å²) in [6.45, 7) is 8.31. The van der Waals surface area contributed by atoms with Crippen LogP contribution >= 0.6 is 46.7 Å². The van der Waals surface area contributed by atoms with E-state index in [4.69, 9.17) is 0 Å². The van der Waals surface area contributed by atoms with E-state index in [1.54, 1.807) is 22.7 Å². The fourth-order valence-corrected chi connectivity index (χ4v) is 3.81. The molecule has 0 aliphatic rings. The van der Waals surface area contributed by atoms with Gasteiger partial charge in [0, 0.05) is 37.9 Å². The maximum atomic E-state index is 4.66. The number of thiophene rings is 1. The number of nitrogens with one attached hydrogen (secondary N) is 2. The molecule has 0 aromatic carbocycles. The van der Waals surface area contributed by atoms with Crippen molar-refractivity contribution < 1.29 is 0 Å². The van der Waals surface area contributed by atoms with Crippen molar-refractivity contribution in [2.75, 3.05) is 20.1 Å². The number of thiazole rings is 1. The summed E-state index contributed by atoms with van der Waals surface area (Å²) in [6, 6.07) is 2.18. The Morgan fingerprint density at radius 1 is 1.25 bits per heavy atom. The second-order valence-electron chi connectivity index (χ2n) is 5.92. The molecule has 0 amide bonds. The van der Waals surface area contributed by atoms with Crippen LogP contribution in [-0.4, -0.2) is 31.1 Å². The van der Waals surface area contributed by atoms with E-state index in [0.717, 1.165) is 31.2 Å². The summed E-state index contributed by atoms with van der Waals surface area (Å²) in [4.78, 5) is 8.94. The number of aliphatic imine (C=N–C) groups is 1. The highest BCUT2D eigenvalue weighted by Gasteiger charge is 2.08. The minimum atomic E-state index is 0. The van der Waals surface area contributed by atoms with Gasteiger partial charge < -0.3 is 10.6 Å². The smallest absolute Gasteiger partial charge is 0.191 e. The Morgan fingerprint density at radius 3 is 2.62 bits per heavy atom. The van der Waals surface area contributed by atoms with Crippen LogP contribution in [0.4, 0.5) is 0 Å². The lowest BCUT2D eigenvalue weighted by Gasteiger charge is -2.15. The second kappa shape index (κ2) is 11.0. The predicted molar refractivity (Wildman–Crippen MR) is 117 cm³/mol. The summed E-state index contributed by atoms with van der Waals surface area (Å²) >= 11 is 3.49. The van der Waals surface area contributed by atoms with Crippen LogP contribution in [0.25, 0.3) is 0 Å². The third kappa shape index (κ3) is 6.68. The Morgan fingerprint density at radius 2 is 2.04 bits per heavy atom. The molecule has 1 unspecified atom stereocenters. The van der Waals surface area contributed by atoms with Crippen LogP contribution < -0.4 is 10.6 Å². The van der Waals surface area contributed by atoms with E-state index in [1.165, 1.54) is 10.6 Å². The number of guanidine groups is 1. The van der Waals surface area contributed by atoms with E-state index in [-0.39, 0.29) is 24.0 Å². The minimum Gasteiger partial charge on any atom is -0.356 e. The lowest BCUT2D eigenvalue weighted by Crippen LogP contribution is -2.39. The van der Waals surface area contributed by atoms with Crippen molar-refractivity contribution in [2.45, 2.75) is 39.0 Å². The van der Waals surface area contributed by atoms with E-state index in [0.29, 0.717) is 11.8 Å². The maximum Gasteiger partial charge on any atom is 0.191 e. The molecule has 0 spiro atoms. The SMILES string of the molecule is CN=C(NCCc1csc(C(C)C)n1)NCC(C)c1ccsc1.I. The Balaban J connectivity index is 0.00000288. The van der Waals surface area contributed by atoms with Crippen LogP contribution in [0, 0.1) is 0 Å². The zero-order valence-electron chi connectivity index (χ0n) is 14.7. The molecule has 2 heterocycles. The van der Waals surface area contributed by atoms with Gasteiger partial charge in [-0.25, -0.2) is 4.98 Å². The van der Waals surface area contributed by atoms with Crippen molar-refractivity contribution in [3.8, 4) is 0 Å². The number of halogens is 1. The van der Waals surface area contributed by atoms with Gasteiger partial charge in [-0.15, -0.1) is 35.3 Å². The number of hydrogen-bond acceptors (Lipinski definition) is 4. The molecule has 4 nitrogen and oxygen atoms in total. The van der Waals surface area contributed by atoms with Crippen LogP contribution in [-0.2, 0) is 6.42 Å². The molecule has 2 aromatic heterocycles. The zero-order valence-corrected chi connectivity index (χ0v) is 18.7. The van der Waals surface area contributed by atoms with Gasteiger partial charge >= 0.3 is 0 Å². The van der Waals surface area contributed by atoms with Gasteiger partial charge in [-0.05, 0) is 28.3 Å². The van der Waals surface area contributed by atoms with E-state index >= 15 is 0 Å². The number of aromatic nitrogens is 1. The number of nitrogens with zero attached hydrogens (tertiary/aromatic N) is 2. The molecule has 0 bridgehead atoms. The number of rotatable bonds is 7. The van der Waals surface area contributed by atoms with Crippen LogP contribution in [0.15, 0.2) is 27.2 Å². The highest BCUT2D eigenvalue weighted by atomic mass is 127. The summed E-state index contributed by atoms with van der Waals surface area (Å²) < 4.78 is 0. The summed E-state index contributed by atoms with van der Waals surface area (Å²) in [5.41, 5.74) is 2.54. The fraction of sp³-hybridized carbons (Fsp3) is 0.529. The summed E-state index contributed by atoms with van der Waals surface area (Å²) in [7, 11) is 1.81. The van der Waals surface area contributed by atoms with E-state index < -0.39 is 0 Å². The molecule has 0 aliphatic heterocycles. The van der Waals surface area contributed by atoms with Gasteiger partial charge in [-0.3, -0.25) is 4.99 Å². The first-order chi connectivity index (χ1) is 11.1. The monoisotopic (exact) mass is 478 g/mol. The summed E-state index contributed by atoms with van der Waals surface area (Å²) in [5.74, 6) is 1.84. The highest BCUT2D eigenvalue weighted by Crippen LogP contribution is 2.19. The van der Waals surface area contributed by atoms with Gasteiger partial charge in [0.1, 0.15) is 0 Å². The fourth-order valence-electron chi connectivity index (χ4n) is 2.16. The second-order valence-corrected chi connectivity index (χ2v) is 7.59. The Bertz CT molecular complexity index is 608. The Kier molecular flexibility index (Phi) is 9.84. The van der Waals surface area contributed by atoms with Crippen molar-refractivity contribution in [3.63, 3.8) is 0 Å². The largest absolute Gasteiger partial charge is 0.356 e. The number of hydrogen-bond donors (Lipinski definition) is 2. The predicted octanol–water partition coefficient (Wildman–Crippen LogP) is 4.46. The van der Waals surface area contributed by atoms with Crippen molar-refractivity contribution in [2.24, 2.45) is 4.99 Å². The molecule has 2 aromatic rings. The third-order valence-corrected chi connectivity index (χ3v) is 5.54. The van der Waals surface area contributed by atoms with Crippen LogP contribution in [0.3, 0.4) is 0 Å². The lowest BCUT2D eigenvalue weighted by atomic mass is 10.1. The molecular formula is C17H27IN4S2. The molecule has 0 fully saturated rings. The van der Waals surface area contributed by atoms with Gasteiger partial charge in [-0.1, -0.05) is 20.8 Å². The Hall–Kier alpha value is -0.670. The first-order valence-corrected chi connectivity index (χ1v) is 9.83. The molecular weight excluding hydrogens is 451 g/mol. The first kappa shape index (κ1) is 21.4. The molecule has 2 N–H and O–H groups in total. The van der Waals surface area contributed by atoms with Crippen molar-refractivity contribution in [1.82, 2.24) is 15.6 Å². The third-order valence-electron chi connectivity index (χ3n) is 3.65. The molecule has 7 heteroatoms. The first-order valence-electron chi connectivity index (χ1n) is 8.01. The van der Waals surface area contributed by atoms with Crippen LogP contribution in [0.1, 0.15) is 48.9 Å². The van der Waals surface area contributed by atoms with Gasteiger partial charge in [0.15, 0.2) is 5.96 Å². The van der Waals surface area contributed by atoms with E-state index in [2.05, 4.69) is 63.6 Å². The van der Waals surface area contributed by atoms with Gasteiger partial charge in [0.2, 0.25) is 0 Å². The molecule has 0 saturated carbocycles. The van der Waals surface area contributed by atoms with Gasteiger partial charge in [0.05, 0.1) is 10.7 Å². The summed E-state index contributed by atoms with van der Waals surface area (Å²) in [6.07, 6.45) is 0.921. The highest BCUT2D eigenvalue weighted by molar-refractivity contribution is 14.0. The Labute approximate surface area is 170 Å². The topological polar surface area (TPSA) is 49.3 Å². The van der Waals surface area contributed by atoms with Crippen molar-refractivity contribution in [3.05, 3.63) is 38.5 Å². The molecule has 2 rings (SSSR count). The minimum absolute atomic E-state index is 0. The molecule has 24 heavy (non-hydrogen) atoms. The molecule has 1 atom stereocenters. The molecule has 0 saturated heterocycles. The average molecular weight is 478 g/mol. The lowest BCUT2D eigenvalue weighted by molar-refractivity contribution is 0.698. The quantitative estimate of drug-likeness (QED) is 0.351. The normalized spacial score (nSPS) is 12.8. The summed E-state index contributed by atoms with van der Waals surface area (Å²) in [5, 5.41) is 14.5. The average Bonchev–Trinajstić information content (AvgIpc) is 3.21. The molecule has 0 radical (unpaired) electrons. The molecule has 134 valence electrons. The zero-order chi connectivity index (χ0) is 16.7. The van der Waals surface area contributed by atoms with Crippen molar-refractivity contribution in [1.29, 1.82) is 0 Å². The van der Waals surface area contributed by atoms with E-state index in [9.17, 15) is 0 Å². The maximum absolute atomic E-state index is 4.66. The van der Waals surface area contributed by atoms with Crippen LogP contribution in [0.2, 0.25) is 0 Å².